The number of benzene rings is 1. The molecular weight excluding hydrogens is 370 g/mol. The highest BCUT2D eigenvalue weighted by Gasteiger charge is 2.51. The van der Waals surface area contributed by atoms with Crippen molar-refractivity contribution in [1.29, 1.82) is 0 Å². The molecule has 1 aliphatic heterocycles. The minimum Gasteiger partial charge on any atom is -0.399 e. The number of Topliss-reactive ketones (excluding diaryl/α,β-unsaturated/α-hetero) is 1. The van der Waals surface area contributed by atoms with Crippen LogP contribution in [0.4, 0.5) is 13.2 Å². The standard InChI is InChI=1S/C20H21BF3NO3/c1-18(2)19(3,4)28-21(27-18)15-7-5-6-14(11-15)16(26)10-13-8-9-17(25-12-13)20(22,23)24/h5-9,11-12H,10H2,1-4H3. The number of rotatable bonds is 4. The first-order chi connectivity index (χ1) is 12.9. The predicted molar refractivity (Wildman–Crippen MR) is 99.4 cm³/mol. The molecule has 1 aliphatic rings. The van der Waals surface area contributed by atoms with Crippen molar-refractivity contribution < 1.29 is 27.3 Å². The second kappa shape index (κ2) is 7.01. The lowest BCUT2D eigenvalue weighted by Gasteiger charge is -2.32. The smallest absolute Gasteiger partial charge is 0.399 e. The summed E-state index contributed by atoms with van der Waals surface area (Å²) in [5.41, 5.74) is -0.402. The second-order valence-corrected chi connectivity index (χ2v) is 7.86. The molecular formula is C20H21BF3NO3. The Kier molecular flexibility index (Phi) is 5.14. The summed E-state index contributed by atoms with van der Waals surface area (Å²) in [6.45, 7) is 7.78. The summed E-state index contributed by atoms with van der Waals surface area (Å²) in [5, 5.41) is 0. The number of carbonyl (C=O) groups is 1. The van der Waals surface area contributed by atoms with Crippen molar-refractivity contribution in [2.45, 2.75) is 51.5 Å². The summed E-state index contributed by atoms with van der Waals surface area (Å²) >= 11 is 0. The van der Waals surface area contributed by atoms with Crippen molar-refractivity contribution in [3.8, 4) is 0 Å². The van der Waals surface area contributed by atoms with Crippen LogP contribution in [0, 0.1) is 0 Å². The minimum absolute atomic E-state index is 0.0437. The molecule has 148 valence electrons. The van der Waals surface area contributed by atoms with Crippen LogP contribution >= 0.6 is 0 Å². The summed E-state index contributed by atoms with van der Waals surface area (Å²) in [6.07, 6.45) is -3.46. The molecule has 28 heavy (non-hydrogen) atoms. The number of carbonyl (C=O) groups excluding carboxylic acids is 1. The number of hydrogen-bond donors (Lipinski definition) is 0. The molecule has 1 fully saturated rings. The van der Waals surface area contributed by atoms with Crippen LogP contribution in [0.3, 0.4) is 0 Å². The van der Waals surface area contributed by atoms with Crippen molar-refractivity contribution in [2.75, 3.05) is 0 Å². The fraction of sp³-hybridized carbons (Fsp3) is 0.400. The van der Waals surface area contributed by atoms with E-state index in [4.69, 9.17) is 9.31 Å². The topological polar surface area (TPSA) is 48.4 Å². The number of hydrogen-bond acceptors (Lipinski definition) is 4. The zero-order valence-electron chi connectivity index (χ0n) is 16.1. The first kappa shape index (κ1) is 20.5. The fourth-order valence-corrected chi connectivity index (χ4v) is 2.82. The van der Waals surface area contributed by atoms with Crippen LogP contribution in [0.2, 0.25) is 0 Å². The van der Waals surface area contributed by atoms with Gasteiger partial charge < -0.3 is 9.31 Å². The summed E-state index contributed by atoms with van der Waals surface area (Å²) in [7, 11) is -0.592. The normalized spacial score (nSPS) is 18.3. The Morgan fingerprint density at radius 3 is 2.25 bits per heavy atom. The third-order valence-electron chi connectivity index (χ3n) is 5.21. The summed E-state index contributed by atoms with van der Waals surface area (Å²) < 4.78 is 49.8. The molecule has 1 aromatic heterocycles. The van der Waals surface area contributed by atoms with Gasteiger partial charge in [0.25, 0.3) is 0 Å². The maximum atomic E-state index is 12.6. The van der Waals surface area contributed by atoms with Crippen molar-refractivity contribution in [3.63, 3.8) is 0 Å². The third kappa shape index (κ3) is 4.13. The molecule has 1 saturated heterocycles. The van der Waals surface area contributed by atoms with Crippen LogP contribution < -0.4 is 5.46 Å². The van der Waals surface area contributed by atoms with Crippen LogP contribution in [-0.2, 0) is 21.9 Å². The van der Waals surface area contributed by atoms with E-state index in [0.29, 0.717) is 11.1 Å². The van der Waals surface area contributed by atoms with E-state index >= 15 is 0 Å². The van der Waals surface area contributed by atoms with Crippen molar-refractivity contribution >= 4 is 18.4 Å². The lowest BCUT2D eigenvalue weighted by molar-refractivity contribution is -0.141. The number of nitrogens with zero attached hydrogens (tertiary/aromatic N) is 1. The summed E-state index contributed by atoms with van der Waals surface area (Å²) in [6, 6.07) is 9.06. The Balaban J connectivity index is 1.75. The Morgan fingerprint density at radius 1 is 1.07 bits per heavy atom. The molecule has 4 nitrogen and oxygen atoms in total. The molecule has 3 rings (SSSR count). The molecule has 0 aliphatic carbocycles. The molecule has 0 bridgehead atoms. The van der Waals surface area contributed by atoms with Crippen molar-refractivity contribution in [3.05, 3.63) is 59.4 Å². The average Bonchev–Trinajstić information content (AvgIpc) is 2.82. The van der Waals surface area contributed by atoms with Gasteiger partial charge in [0, 0.05) is 18.2 Å². The molecule has 0 N–H and O–H groups in total. The minimum atomic E-state index is -4.50. The third-order valence-corrected chi connectivity index (χ3v) is 5.21. The lowest BCUT2D eigenvalue weighted by Crippen LogP contribution is -2.41. The van der Waals surface area contributed by atoms with E-state index in [-0.39, 0.29) is 12.2 Å². The van der Waals surface area contributed by atoms with Crippen LogP contribution in [-0.4, -0.2) is 29.1 Å². The van der Waals surface area contributed by atoms with Crippen molar-refractivity contribution in [2.24, 2.45) is 0 Å². The van der Waals surface area contributed by atoms with Gasteiger partial charge in [-0.2, -0.15) is 13.2 Å². The Bertz CT molecular complexity index is 863. The maximum absolute atomic E-state index is 12.6. The SMILES string of the molecule is CC1(C)OB(c2cccc(C(=O)Cc3ccc(C(F)(F)F)nc3)c2)OC1(C)C. The van der Waals surface area contributed by atoms with E-state index in [0.717, 1.165) is 17.7 Å². The Morgan fingerprint density at radius 2 is 1.71 bits per heavy atom. The molecule has 0 spiro atoms. The molecule has 0 saturated carbocycles. The summed E-state index contributed by atoms with van der Waals surface area (Å²) in [5.74, 6) is -0.222. The van der Waals surface area contributed by atoms with Gasteiger partial charge in [-0.3, -0.25) is 9.78 Å². The van der Waals surface area contributed by atoms with E-state index in [2.05, 4.69) is 4.98 Å². The van der Waals surface area contributed by atoms with E-state index < -0.39 is 30.2 Å². The first-order valence-corrected chi connectivity index (χ1v) is 8.90. The van der Waals surface area contributed by atoms with Gasteiger partial charge in [-0.15, -0.1) is 0 Å². The lowest BCUT2D eigenvalue weighted by atomic mass is 9.78. The molecule has 1 aromatic carbocycles. The van der Waals surface area contributed by atoms with E-state index in [1.54, 1.807) is 18.2 Å². The highest BCUT2D eigenvalue weighted by atomic mass is 19.4. The molecule has 0 unspecified atom stereocenters. The van der Waals surface area contributed by atoms with Gasteiger partial charge in [0.15, 0.2) is 5.78 Å². The molecule has 0 radical (unpaired) electrons. The van der Waals surface area contributed by atoms with E-state index in [1.165, 1.54) is 6.07 Å². The number of aromatic nitrogens is 1. The van der Waals surface area contributed by atoms with Gasteiger partial charge in [0.1, 0.15) is 5.69 Å². The largest absolute Gasteiger partial charge is 0.494 e. The van der Waals surface area contributed by atoms with Gasteiger partial charge in [-0.1, -0.05) is 30.3 Å². The highest BCUT2D eigenvalue weighted by molar-refractivity contribution is 6.62. The fourth-order valence-electron chi connectivity index (χ4n) is 2.82. The quantitative estimate of drug-likeness (QED) is 0.587. The van der Waals surface area contributed by atoms with Crippen LogP contribution in [0.25, 0.3) is 0 Å². The van der Waals surface area contributed by atoms with E-state index in [1.807, 2.05) is 33.8 Å². The molecule has 8 heteroatoms. The first-order valence-electron chi connectivity index (χ1n) is 8.90. The van der Waals surface area contributed by atoms with Gasteiger partial charge >= 0.3 is 13.3 Å². The molecule has 2 aromatic rings. The zero-order chi connectivity index (χ0) is 20.7. The van der Waals surface area contributed by atoms with Crippen LogP contribution in [0.15, 0.2) is 42.6 Å². The van der Waals surface area contributed by atoms with E-state index in [9.17, 15) is 18.0 Å². The Labute approximate surface area is 162 Å². The maximum Gasteiger partial charge on any atom is 0.494 e. The average molecular weight is 391 g/mol. The number of halogens is 3. The van der Waals surface area contributed by atoms with Crippen LogP contribution in [0.5, 0.6) is 0 Å². The summed E-state index contributed by atoms with van der Waals surface area (Å²) in [4.78, 5) is 16.0. The van der Waals surface area contributed by atoms with Gasteiger partial charge in [-0.25, -0.2) is 0 Å². The van der Waals surface area contributed by atoms with Gasteiger partial charge in [0.2, 0.25) is 0 Å². The number of ketones is 1. The molecule has 2 heterocycles. The number of alkyl halides is 3. The zero-order valence-corrected chi connectivity index (χ0v) is 16.1. The molecule has 0 atom stereocenters. The predicted octanol–water partition coefficient (Wildman–Crippen LogP) is 3.83. The highest BCUT2D eigenvalue weighted by Crippen LogP contribution is 2.36. The number of pyridine rings is 1. The van der Waals surface area contributed by atoms with Crippen molar-refractivity contribution in [1.82, 2.24) is 4.98 Å². The monoisotopic (exact) mass is 391 g/mol. The Hall–Kier alpha value is -2.19. The van der Waals surface area contributed by atoms with Crippen LogP contribution in [0.1, 0.15) is 49.3 Å². The molecule has 0 amide bonds. The van der Waals surface area contributed by atoms with Gasteiger partial charge in [-0.05, 0) is 44.8 Å². The second-order valence-electron chi connectivity index (χ2n) is 7.86. The van der Waals surface area contributed by atoms with Gasteiger partial charge in [0.05, 0.1) is 11.2 Å².